The van der Waals surface area contributed by atoms with Crippen LogP contribution in [0.15, 0.2) is 22.8 Å². The molecule has 3 aromatic heterocycles. The van der Waals surface area contributed by atoms with Gasteiger partial charge in [-0.1, -0.05) is 0 Å². The van der Waals surface area contributed by atoms with E-state index in [1.807, 2.05) is 39.8 Å². The van der Waals surface area contributed by atoms with Gasteiger partial charge >= 0.3 is 6.09 Å². The highest BCUT2D eigenvalue weighted by molar-refractivity contribution is 9.10. The lowest BCUT2D eigenvalue weighted by Gasteiger charge is -2.39. The number of likely N-dealkylation sites (N-methyl/N-ethyl adjacent to an activating group) is 1. The Bertz CT molecular complexity index is 2130. The van der Waals surface area contributed by atoms with Crippen LogP contribution in [0.1, 0.15) is 75.5 Å². The van der Waals surface area contributed by atoms with E-state index >= 15 is 4.39 Å². The van der Waals surface area contributed by atoms with Gasteiger partial charge in [-0.15, -0.1) is 0 Å². The minimum Gasteiger partial charge on any atom is -0.472 e. The summed E-state index contributed by atoms with van der Waals surface area (Å²) >= 11 is 3.48. The molecule has 1 saturated carbocycles. The maximum atomic E-state index is 16.6. The maximum absolute atomic E-state index is 16.6. The highest BCUT2D eigenvalue weighted by atomic mass is 79.9. The van der Waals surface area contributed by atoms with Crippen LogP contribution in [0.25, 0.3) is 33.1 Å². The smallest absolute Gasteiger partial charge is 0.410 e. The van der Waals surface area contributed by atoms with Crippen molar-refractivity contribution in [3.63, 3.8) is 0 Å². The molecule has 4 fully saturated rings. The Morgan fingerprint density at radius 3 is 2.62 bits per heavy atom. The number of hydrogen-bond donors (Lipinski definition) is 0. The number of aryl methyl sites for hydroxylation is 2. The number of carbonyl (C=O) groups excluding carboxylic acids is 2. The summed E-state index contributed by atoms with van der Waals surface area (Å²) in [6.45, 7) is 9.06. The first-order chi connectivity index (χ1) is 24.6. The van der Waals surface area contributed by atoms with Crippen molar-refractivity contribution in [3.05, 3.63) is 39.9 Å². The van der Waals surface area contributed by atoms with Crippen molar-refractivity contribution in [3.8, 4) is 23.2 Å². The molecule has 1 aliphatic carbocycles. The van der Waals surface area contributed by atoms with Gasteiger partial charge in [0.2, 0.25) is 5.88 Å². The summed E-state index contributed by atoms with van der Waals surface area (Å²) in [6, 6.07) is 5.82. The number of halogens is 2. The summed E-state index contributed by atoms with van der Waals surface area (Å²) in [5.41, 5.74) is 2.53. The third kappa shape index (κ3) is 5.99. The average Bonchev–Trinajstić information content (AvgIpc) is 3.90. The second-order valence-corrected chi connectivity index (χ2v) is 16.5. The first kappa shape index (κ1) is 36.2. The predicted octanol–water partition coefficient (Wildman–Crippen LogP) is 6.69. The van der Waals surface area contributed by atoms with Crippen LogP contribution in [0.3, 0.4) is 0 Å². The number of ether oxygens (including phenoxy) is 2. The summed E-state index contributed by atoms with van der Waals surface area (Å²) in [5.74, 6) is -0.377. The lowest BCUT2D eigenvalue weighted by molar-refractivity contribution is 0.0211. The Kier molecular flexibility index (Phi) is 9.26. The van der Waals surface area contributed by atoms with Gasteiger partial charge in [-0.05, 0) is 101 Å². The van der Waals surface area contributed by atoms with Crippen LogP contribution in [0.5, 0.6) is 5.88 Å². The zero-order valence-corrected chi connectivity index (χ0v) is 32.6. The molecule has 2 amide bonds. The summed E-state index contributed by atoms with van der Waals surface area (Å²) in [7, 11) is 7.23. The van der Waals surface area contributed by atoms with E-state index in [1.165, 1.54) is 4.90 Å². The third-order valence-electron chi connectivity index (χ3n) is 10.9. The highest BCUT2D eigenvalue weighted by Gasteiger charge is 2.56. The van der Waals surface area contributed by atoms with Crippen molar-refractivity contribution in [1.82, 2.24) is 34.0 Å². The number of pyridine rings is 1. The van der Waals surface area contributed by atoms with Crippen LogP contribution in [0, 0.1) is 23.1 Å². The van der Waals surface area contributed by atoms with Crippen molar-refractivity contribution in [2.75, 3.05) is 34.2 Å². The Morgan fingerprint density at radius 1 is 1.21 bits per heavy atom. The van der Waals surface area contributed by atoms with Crippen LogP contribution in [0.2, 0.25) is 0 Å². The van der Waals surface area contributed by atoms with Gasteiger partial charge in [0.15, 0.2) is 5.82 Å². The zero-order chi connectivity index (χ0) is 37.4. The van der Waals surface area contributed by atoms with Crippen molar-refractivity contribution >= 4 is 49.7 Å². The number of fused-ring (bicyclic) bond motifs is 4. The van der Waals surface area contributed by atoms with Crippen molar-refractivity contribution < 1.29 is 23.5 Å². The molecule has 8 rings (SSSR count). The Balaban J connectivity index is 1.52. The van der Waals surface area contributed by atoms with E-state index in [4.69, 9.17) is 14.5 Å². The number of likely N-dealkylation sites (tertiary alicyclic amines) is 1. The molecule has 1 aromatic carbocycles. The van der Waals surface area contributed by atoms with Crippen LogP contribution in [-0.4, -0.2) is 104 Å². The second-order valence-electron chi connectivity index (χ2n) is 15.7. The summed E-state index contributed by atoms with van der Waals surface area (Å²) < 4.78 is 33.2. The molecule has 3 aliphatic heterocycles. The molecule has 4 aromatic rings. The maximum Gasteiger partial charge on any atom is 0.410 e. The minimum atomic E-state index is -0.662. The number of nitriles is 1. The first-order valence-electron chi connectivity index (χ1n) is 17.9. The quantitative estimate of drug-likeness (QED) is 0.194. The third-order valence-corrected chi connectivity index (χ3v) is 11.8. The van der Waals surface area contributed by atoms with Gasteiger partial charge in [0.25, 0.3) is 5.91 Å². The highest BCUT2D eigenvalue weighted by Crippen LogP contribution is 2.54. The molecule has 2 bridgehead atoms. The Hall–Kier alpha value is -4.22. The number of nitrogens with zero attached hydrogens (tertiary/aromatic N) is 8. The molecule has 0 radical (unpaired) electrons. The van der Waals surface area contributed by atoms with E-state index in [9.17, 15) is 14.9 Å². The fourth-order valence-corrected chi connectivity index (χ4v) is 8.94. The van der Waals surface area contributed by atoms with Gasteiger partial charge in [0.1, 0.15) is 22.9 Å². The number of amides is 2. The van der Waals surface area contributed by atoms with Crippen LogP contribution < -0.4 is 4.74 Å². The number of carbonyl (C=O) groups is 2. The van der Waals surface area contributed by atoms with E-state index in [0.29, 0.717) is 57.6 Å². The van der Waals surface area contributed by atoms with Crippen LogP contribution >= 0.6 is 15.9 Å². The zero-order valence-electron chi connectivity index (χ0n) is 31.0. The summed E-state index contributed by atoms with van der Waals surface area (Å²) in [4.78, 5) is 37.7. The first-order valence-corrected chi connectivity index (χ1v) is 18.7. The van der Waals surface area contributed by atoms with Gasteiger partial charge in [0.05, 0.1) is 45.4 Å². The number of rotatable bonds is 8. The fraction of sp³-hybridized carbons (Fsp3) is 0.553. The molecule has 3 saturated heterocycles. The SMILES string of the molecule is C[C@H](Oc1nc2c(F)c(Br)c(CCC#N)cc2c2c1cc(-c1cnn(C)c1C(=O)N(C)C)n2[C@H]1[C@@H]2C[C@H]1N(C(=O)OC(C)(C)C)C2)[C@@H]1CCCN1C. The number of hydrogen-bond acceptors (Lipinski definition) is 8. The number of benzene rings is 1. The van der Waals surface area contributed by atoms with E-state index in [0.717, 1.165) is 25.8 Å². The molecule has 0 N–H and O–H groups in total. The molecule has 6 heterocycles. The van der Waals surface area contributed by atoms with Crippen LogP contribution in [-0.2, 0) is 18.2 Å². The topological polar surface area (TPSA) is 122 Å². The molecular weight excluding hydrogens is 731 g/mol. The van der Waals surface area contributed by atoms with Gasteiger partial charge in [-0.25, -0.2) is 14.2 Å². The van der Waals surface area contributed by atoms with E-state index in [2.05, 4.69) is 43.6 Å². The number of aromatic nitrogens is 4. The monoisotopic (exact) mass is 776 g/mol. The van der Waals surface area contributed by atoms with Gasteiger partial charge in [-0.2, -0.15) is 10.4 Å². The Labute approximate surface area is 311 Å². The average molecular weight is 778 g/mol. The molecule has 5 atom stereocenters. The lowest BCUT2D eigenvalue weighted by atomic mass is 9.79. The second kappa shape index (κ2) is 13.3. The van der Waals surface area contributed by atoms with Crippen molar-refractivity contribution in [1.29, 1.82) is 5.26 Å². The largest absolute Gasteiger partial charge is 0.472 e. The summed E-state index contributed by atoms with van der Waals surface area (Å²) in [6.07, 6.45) is 4.44. The van der Waals surface area contributed by atoms with Gasteiger partial charge in [0, 0.05) is 57.0 Å². The van der Waals surface area contributed by atoms with E-state index < -0.39 is 11.4 Å². The molecule has 52 heavy (non-hydrogen) atoms. The minimum absolute atomic E-state index is 0.0774. The normalized spacial score (nSPS) is 22.1. The molecule has 0 spiro atoms. The molecule has 276 valence electrons. The molecular formula is C38H46BrFN8O4. The lowest BCUT2D eigenvalue weighted by Crippen LogP contribution is -2.44. The molecule has 12 nitrogen and oxygen atoms in total. The fourth-order valence-electron chi connectivity index (χ4n) is 8.44. The van der Waals surface area contributed by atoms with Gasteiger partial charge in [-0.3, -0.25) is 14.4 Å². The summed E-state index contributed by atoms with van der Waals surface area (Å²) in [5, 5.41) is 15.2. The van der Waals surface area contributed by atoms with Crippen molar-refractivity contribution in [2.24, 2.45) is 13.0 Å². The molecule has 0 unspecified atom stereocenters. The van der Waals surface area contributed by atoms with E-state index in [1.54, 1.807) is 36.9 Å². The predicted molar refractivity (Wildman–Crippen MR) is 199 cm³/mol. The molecule has 4 aliphatic rings. The Morgan fingerprint density at radius 2 is 1.96 bits per heavy atom. The van der Waals surface area contributed by atoms with Gasteiger partial charge < -0.3 is 23.8 Å². The van der Waals surface area contributed by atoms with E-state index in [-0.39, 0.29) is 58.6 Å². The van der Waals surface area contributed by atoms with Crippen molar-refractivity contribution in [2.45, 2.75) is 89.6 Å². The van der Waals surface area contributed by atoms with Crippen LogP contribution in [0.4, 0.5) is 9.18 Å². The molecule has 14 heteroatoms. The standard InChI is InChI=1S/C38H46BrFN8O4/c1-20(26-12-10-14-45(26)7)51-35-24-17-27(25-18-42-46(8)34(25)36(49)44(5)6)48(32-22-16-28(32)47(19-22)37(50)52-38(2,3)4)33(24)23-15-21(11-9-13-41)29(39)30(40)31(23)43-35/h15,17-18,20,22,26,28,32H,9-12,14,16,19H2,1-8H3/t20-,22+,26-,28+,32-/m0/s1.